The Morgan fingerprint density at radius 3 is 2.67 bits per heavy atom. The van der Waals surface area contributed by atoms with Crippen molar-refractivity contribution in [1.29, 1.82) is 0 Å². The highest BCUT2D eigenvalue weighted by Gasteiger charge is 2.14. The number of esters is 1. The third-order valence-electron chi connectivity index (χ3n) is 3.91. The van der Waals surface area contributed by atoms with Crippen LogP contribution in [0.4, 0.5) is 0 Å². The van der Waals surface area contributed by atoms with Crippen molar-refractivity contribution in [1.82, 2.24) is 20.2 Å². The fourth-order valence-corrected chi connectivity index (χ4v) is 3.51. The summed E-state index contributed by atoms with van der Waals surface area (Å²) in [6.45, 7) is 4.28. The lowest BCUT2D eigenvalue weighted by atomic mass is 10.1. The van der Waals surface area contributed by atoms with E-state index in [-0.39, 0.29) is 18.3 Å². The van der Waals surface area contributed by atoms with Crippen LogP contribution in [0.2, 0.25) is 0 Å². The Kier molecular flexibility index (Phi) is 6.52. The van der Waals surface area contributed by atoms with Crippen LogP contribution >= 0.6 is 23.5 Å². The van der Waals surface area contributed by atoms with Crippen LogP contribution in [-0.2, 0) is 16.1 Å². The minimum atomic E-state index is -0.301. The molecule has 27 heavy (non-hydrogen) atoms. The number of nitrogens with zero attached hydrogens (tertiary/aromatic N) is 4. The standard InChI is InChI=1S/C19H20N4O2S2/c1-13-4-5-14(2)17(10-13)23-19(20-21-22-23)27-12-18(24)25-11-15-6-8-16(26-3)9-7-15/h4-10H,11-12H2,1-3H3. The molecule has 8 heteroatoms. The third kappa shape index (κ3) is 5.11. The number of ether oxygens (including phenoxy) is 1. The number of rotatable bonds is 7. The molecule has 0 spiro atoms. The van der Waals surface area contributed by atoms with Crippen molar-refractivity contribution in [3.05, 3.63) is 59.2 Å². The molecule has 3 aromatic rings. The maximum Gasteiger partial charge on any atom is 0.316 e. The number of carbonyl (C=O) groups is 1. The molecule has 1 heterocycles. The van der Waals surface area contributed by atoms with Gasteiger partial charge in [0.05, 0.1) is 11.4 Å². The topological polar surface area (TPSA) is 69.9 Å². The van der Waals surface area contributed by atoms with Crippen LogP contribution < -0.4 is 0 Å². The highest BCUT2D eigenvalue weighted by atomic mass is 32.2. The van der Waals surface area contributed by atoms with Crippen molar-refractivity contribution < 1.29 is 9.53 Å². The number of thioether (sulfide) groups is 2. The Morgan fingerprint density at radius 2 is 1.93 bits per heavy atom. The monoisotopic (exact) mass is 400 g/mol. The zero-order valence-corrected chi connectivity index (χ0v) is 17.0. The molecular weight excluding hydrogens is 380 g/mol. The first-order valence-electron chi connectivity index (χ1n) is 8.34. The molecule has 0 atom stereocenters. The molecule has 0 unspecified atom stereocenters. The second kappa shape index (κ2) is 9.05. The maximum atomic E-state index is 12.1. The molecule has 0 aliphatic carbocycles. The molecule has 0 aliphatic heterocycles. The highest BCUT2D eigenvalue weighted by molar-refractivity contribution is 7.99. The van der Waals surface area contributed by atoms with Crippen molar-refractivity contribution in [3.8, 4) is 5.69 Å². The molecule has 0 aliphatic rings. The summed E-state index contributed by atoms with van der Waals surface area (Å²) in [6, 6.07) is 14.0. The predicted octanol–water partition coefficient (Wildman–Crippen LogP) is 3.84. The zero-order valence-electron chi connectivity index (χ0n) is 15.4. The number of benzene rings is 2. The molecule has 3 rings (SSSR count). The summed E-state index contributed by atoms with van der Waals surface area (Å²) in [5, 5.41) is 12.4. The summed E-state index contributed by atoms with van der Waals surface area (Å²) in [4.78, 5) is 13.3. The van der Waals surface area contributed by atoms with Crippen molar-refractivity contribution in [2.75, 3.05) is 12.0 Å². The first-order chi connectivity index (χ1) is 13.1. The fourth-order valence-electron chi connectivity index (χ4n) is 2.42. The minimum Gasteiger partial charge on any atom is -0.460 e. The molecule has 0 amide bonds. The second-order valence-corrected chi connectivity index (χ2v) is 7.78. The Hall–Kier alpha value is -2.32. The largest absolute Gasteiger partial charge is 0.460 e. The van der Waals surface area contributed by atoms with Crippen LogP contribution in [0.5, 0.6) is 0 Å². The second-order valence-electron chi connectivity index (χ2n) is 5.96. The summed E-state index contributed by atoms with van der Waals surface area (Å²) < 4.78 is 7.00. The van der Waals surface area contributed by atoms with Gasteiger partial charge in [-0.1, -0.05) is 36.0 Å². The normalized spacial score (nSPS) is 10.8. The predicted molar refractivity (Wildman–Crippen MR) is 107 cm³/mol. The van der Waals surface area contributed by atoms with E-state index in [4.69, 9.17) is 4.74 Å². The highest BCUT2D eigenvalue weighted by Crippen LogP contribution is 2.22. The molecule has 1 aromatic heterocycles. The molecule has 0 saturated heterocycles. The van der Waals surface area contributed by atoms with Gasteiger partial charge < -0.3 is 4.74 Å². The lowest BCUT2D eigenvalue weighted by molar-refractivity contribution is -0.141. The smallest absolute Gasteiger partial charge is 0.316 e. The number of aryl methyl sites for hydroxylation is 2. The minimum absolute atomic E-state index is 0.147. The average Bonchev–Trinajstić information content (AvgIpc) is 3.15. The van der Waals surface area contributed by atoms with Crippen LogP contribution in [0.3, 0.4) is 0 Å². The first-order valence-corrected chi connectivity index (χ1v) is 10.5. The fraction of sp³-hybridized carbons (Fsp3) is 0.263. The number of hydrogen-bond donors (Lipinski definition) is 0. The van der Waals surface area contributed by atoms with E-state index in [1.54, 1.807) is 16.4 Å². The quantitative estimate of drug-likeness (QED) is 0.441. The van der Waals surface area contributed by atoms with Gasteiger partial charge in [0.2, 0.25) is 5.16 Å². The Morgan fingerprint density at radius 1 is 1.15 bits per heavy atom. The van der Waals surface area contributed by atoms with Gasteiger partial charge in [0.1, 0.15) is 6.61 Å². The van der Waals surface area contributed by atoms with Crippen molar-refractivity contribution in [3.63, 3.8) is 0 Å². The van der Waals surface area contributed by atoms with Gasteiger partial charge in [-0.05, 0) is 65.4 Å². The lowest BCUT2D eigenvalue weighted by Gasteiger charge is -2.09. The van der Waals surface area contributed by atoms with E-state index in [2.05, 4.69) is 15.5 Å². The summed E-state index contributed by atoms with van der Waals surface area (Å²) in [7, 11) is 0. The van der Waals surface area contributed by atoms with Crippen molar-refractivity contribution in [2.24, 2.45) is 0 Å². The zero-order chi connectivity index (χ0) is 19.2. The Bertz CT molecular complexity index is 926. The van der Waals surface area contributed by atoms with Gasteiger partial charge in [-0.3, -0.25) is 4.79 Å². The van der Waals surface area contributed by atoms with Crippen LogP contribution in [0.15, 0.2) is 52.5 Å². The van der Waals surface area contributed by atoms with E-state index in [0.717, 1.165) is 22.4 Å². The van der Waals surface area contributed by atoms with E-state index >= 15 is 0 Å². The third-order valence-corrected chi connectivity index (χ3v) is 5.55. The van der Waals surface area contributed by atoms with Crippen LogP contribution in [-0.4, -0.2) is 38.2 Å². The van der Waals surface area contributed by atoms with Crippen molar-refractivity contribution >= 4 is 29.5 Å². The van der Waals surface area contributed by atoms with Crippen LogP contribution in [0, 0.1) is 13.8 Å². The van der Waals surface area contributed by atoms with Gasteiger partial charge in [-0.2, -0.15) is 4.68 Å². The van der Waals surface area contributed by atoms with Gasteiger partial charge in [-0.25, -0.2) is 0 Å². The molecule has 0 bridgehead atoms. The number of aromatic nitrogens is 4. The van der Waals surface area contributed by atoms with Gasteiger partial charge in [-0.15, -0.1) is 16.9 Å². The molecular formula is C19H20N4O2S2. The van der Waals surface area contributed by atoms with Gasteiger partial charge in [0, 0.05) is 4.90 Å². The summed E-state index contributed by atoms with van der Waals surface area (Å²) >= 11 is 2.94. The number of carbonyl (C=O) groups excluding carboxylic acids is 1. The van der Waals surface area contributed by atoms with E-state index < -0.39 is 0 Å². The Labute approximate surface area is 166 Å². The van der Waals surface area contributed by atoms with Gasteiger partial charge in [0.25, 0.3) is 0 Å². The van der Waals surface area contributed by atoms with Crippen LogP contribution in [0.1, 0.15) is 16.7 Å². The van der Waals surface area contributed by atoms with E-state index in [1.165, 1.54) is 16.7 Å². The van der Waals surface area contributed by atoms with E-state index in [0.29, 0.717) is 5.16 Å². The summed E-state index contributed by atoms with van der Waals surface area (Å²) in [6.07, 6.45) is 2.03. The molecule has 0 fully saturated rings. The van der Waals surface area contributed by atoms with E-state index in [1.807, 2.05) is 62.6 Å². The summed E-state index contributed by atoms with van der Waals surface area (Å²) in [5.74, 6) is -0.154. The van der Waals surface area contributed by atoms with Gasteiger partial charge in [0.15, 0.2) is 0 Å². The Balaban J connectivity index is 1.58. The summed E-state index contributed by atoms with van der Waals surface area (Å²) in [5.41, 5.74) is 4.05. The maximum absolute atomic E-state index is 12.1. The molecule has 2 aromatic carbocycles. The molecule has 6 nitrogen and oxygen atoms in total. The number of hydrogen-bond acceptors (Lipinski definition) is 7. The first kappa shape index (κ1) is 19.4. The van der Waals surface area contributed by atoms with Gasteiger partial charge >= 0.3 is 5.97 Å². The lowest BCUT2D eigenvalue weighted by Crippen LogP contribution is -2.09. The molecule has 140 valence electrons. The van der Waals surface area contributed by atoms with Crippen molar-refractivity contribution in [2.45, 2.75) is 30.5 Å². The molecule has 0 radical (unpaired) electrons. The number of tetrazole rings is 1. The van der Waals surface area contributed by atoms with E-state index in [9.17, 15) is 4.79 Å². The molecule has 0 saturated carbocycles. The SMILES string of the molecule is CSc1ccc(COC(=O)CSc2nnnn2-c2cc(C)ccc2C)cc1. The average molecular weight is 401 g/mol. The molecule has 0 N–H and O–H groups in total. The van der Waals surface area contributed by atoms with Crippen LogP contribution in [0.25, 0.3) is 5.69 Å².